The van der Waals surface area contributed by atoms with E-state index in [4.69, 9.17) is 19.0 Å². The lowest BCUT2D eigenvalue weighted by Gasteiger charge is -2.25. The molecule has 0 aromatic carbocycles. The second-order valence-electron chi connectivity index (χ2n) is 3.02. The predicted molar refractivity (Wildman–Crippen MR) is 49.0 cm³/mol. The van der Waals surface area contributed by atoms with Crippen LogP contribution in [-0.4, -0.2) is 64.3 Å². The minimum atomic E-state index is -0.296. The normalized spacial score (nSPS) is 35.4. The van der Waals surface area contributed by atoms with E-state index in [2.05, 4.69) is 0 Å². The average molecular weight is 206 g/mol. The fraction of sp³-hybridized carbons (Fsp3) is 1.00. The van der Waals surface area contributed by atoms with Crippen LogP contribution >= 0.6 is 0 Å². The Kier molecular flexibility index (Phi) is 4.24. The van der Waals surface area contributed by atoms with Crippen LogP contribution in [0.3, 0.4) is 0 Å². The summed E-state index contributed by atoms with van der Waals surface area (Å²) in [5.74, 6) is 0. The highest BCUT2D eigenvalue weighted by atomic mass is 16.8. The van der Waals surface area contributed by atoms with Gasteiger partial charge in [-0.25, -0.2) is 4.90 Å². The van der Waals surface area contributed by atoms with Crippen molar-refractivity contribution in [3.8, 4) is 0 Å². The molecule has 0 amide bonds. The summed E-state index contributed by atoms with van der Waals surface area (Å²) >= 11 is 0. The van der Waals surface area contributed by atoms with E-state index in [1.807, 2.05) is 11.9 Å². The first-order valence-electron chi connectivity index (χ1n) is 4.34. The van der Waals surface area contributed by atoms with Gasteiger partial charge in [-0.1, -0.05) is 0 Å². The monoisotopic (exact) mass is 206 g/mol. The summed E-state index contributed by atoms with van der Waals surface area (Å²) in [6, 6.07) is 0. The molecule has 1 aliphatic rings. The van der Waals surface area contributed by atoms with Gasteiger partial charge in [0.25, 0.3) is 0 Å². The van der Waals surface area contributed by atoms with E-state index in [0.717, 1.165) is 0 Å². The number of ether oxygens (including phenoxy) is 3. The van der Waals surface area contributed by atoms with Crippen molar-refractivity contribution in [3.63, 3.8) is 0 Å². The molecule has 1 saturated heterocycles. The van der Waals surface area contributed by atoms with Crippen LogP contribution in [0.15, 0.2) is 0 Å². The molecule has 0 aromatic heterocycles. The summed E-state index contributed by atoms with van der Waals surface area (Å²) in [4.78, 5) is 7.07. The van der Waals surface area contributed by atoms with Gasteiger partial charge in [0.2, 0.25) is 0 Å². The van der Waals surface area contributed by atoms with Crippen molar-refractivity contribution in [2.24, 2.45) is 0 Å². The van der Waals surface area contributed by atoms with Gasteiger partial charge in [-0.3, -0.25) is 4.84 Å². The molecule has 84 valence electrons. The Morgan fingerprint density at radius 3 is 1.79 bits per heavy atom. The second kappa shape index (κ2) is 5.01. The second-order valence-corrected chi connectivity index (χ2v) is 3.02. The molecular weight excluding hydrogens is 188 g/mol. The van der Waals surface area contributed by atoms with E-state index in [9.17, 15) is 0 Å². The quantitative estimate of drug-likeness (QED) is 0.627. The highest BCUT2D eigenvalue weighted by molar-refractivity contribution is 4.78. The fourth-order valence-electron chi connectivity index (χ4n) is 1.72. The van der Waals surface area contributed by atoms with Crippen molar-refractivity contribution in [1.29, 1.82) is 0 Å². The van der Waals surface area contributed by atoms with Gasteiger partial charge in [0.15, 0.2) is 18.8 Å². The molecule has 0 saturated carbocycles. The first-order valence-corrected chi connectivity index (χ1v) is 4.34. The number of methoxy groups -OCH3 is 3. The minimum absolute atomic E-state index is 0.204. The number of likely N-dealkylation sites (N-methyl/N-ethyl adjacent to an activating group) is 1. The van der Waals surface area contributed by atoms with Crippen LogP contribution in [0.4, 0.5) is 0 Å². The highest BCUT2D eigenvalue weighted by Gasteiger charge is 2.47. The van der Waals surface area contributed by atoms with E-state index in [-0.39, 0.29) is 18.8 Å². The van der Waals surface area contributed by atoms with Crippen LogP contribution in [0.25, 0.3) is 0 Å². The third kappa shape index (κ3) is 1.77. The summed E-state index contributed by atoms with van der Waals surface area (Å²) in [6.45, 7) is 0. The van der Waals surface area contributed by atoms with E-state index < -0.39 is 0 Å². The molecule has 3 unspecified atom stereocenters. The lowest BCUT2D eigenvalue weighted by molar-refractivity contribution is -0.286. The van der Waals surface area contributed by atoms with Gasteiger partial charge in [-0.15, -0.1) is 5.06 Å². The summed E-state index contributed by atoms with van der Waals surface area (Å²) in [6.07, 6.45) is -0.792. The minimum Gasteiger partial charge on any atom is -0.362 e. The van der Waals surface area contributed by atoms with Crippen molar-refractivity contribution < 1.29 is 19.0 Å². The Balaban J connectivity index is 2.81. The molecule has 6 nitrogen and oxygen atoms in total. The molecule has 1 aliphatic heterocycles. The summed E-state index contributed by atoms with van der Waals surface area (Å²) in [5, 5.41) is 1.61. The maximum Gasteiger partial charge on any atom is 0.195 e. The van der Waals surface area contributed by atoms with Gasteiger partial charge in [0, 0.05) is 21.3 Å². The third-order valence-corrected chi connectivity index (χ3v) is 2.37. The Labute approximate surface area is 84.2 Å². The van der Waals surface area contributed by atoms with E-state index in [1.165, 1.54) is 0 Å². The molecular formula is C8H18N2O4. The van der Waals surface area contributed by atoms with Crippen molar-refractivity contribution in [1.82, 2.24) is 9.96 Å². The first-order chi connectivity index (χ1) is 6.71. The maximum atomic E-state index is 5.29. The number of nitrogens with zero attached hydrogens (tertiary/aromatic N) is 2. The molecule has 6 heteroatoms. The fourth-order valence-corrected chi connectivity index (χ4v) is 1.72. The summed E-state index contributed by atoms with van der Waals surface area (Å²) in [5.41, 5.74) is 0. The van der Waals surface area contributed by atoms with Gasteiger partial charge >= 0.3 is 0 Å². The zero-order valence-corrected chi connectivity index (χ0v) is 9.26. The lowest BCUT2D eigenvalue weighted by atomic mass is 10.5. The number of rotatable bonds is 4. The van der Waals surface area contributed by atoms with Gasteiger partial charge in [0.05, 0.1) is 7.11 Å². The lowest BCUT2D eigenvalue weighted by Crippen LogP contribution is -2.40. The Morgan fingerprint density at radius 1 is 0.857 bits per heavy atom. The molecule has 1 heterocycles. The van der Waals surface area contributed by atoms with Gasteiger partial charge < -0.3 is 14.2 Å². The van der Waals surface area contributed by atoms with Crippen molar-refractivity contribution in [3.05, 3.63) is 0 Å². The maximum absolute atomic E-state index is 5.29. The van der Waals surface area contributed by atoms with Gasteiger partial charge in [-0.05, 0) is 7.05 Å². The Bertz CT molecular complexity index is 163. The van der Waals surface area contributed by atoms with Gasteiger partial charge in [-0.2, -0.15) is 0 Å². The largest absolute Gasteiger partial charge is 0.362 e. The number of hydroxylamine groups is 2. The number of hydrogen-bond donors (Lipinski definition) is 0. The van der Waals surface area contributed by atoms with Crippen LogP contribution in [0.1, 0.15) is 0 Å². The third-order valence-electron chi connectivity index (χ3n) is 2.37. The predicted octanol–water partition coefficient (Wildman–Crippen LogP) is -0.330. The Hall–Kier alpha value is -0.240. The van der Waals surface area contributed by atoms with E-state index in [0.29, 0.717) is 0 Å². The molecule has 0 bridgehead atoms. The van der Waals surface area contributed by atoms with Crippen LogP contribution in [-0.2, 0) is 19.0 Å². The summed E-state index contributed by atoms with van der Waals surface area (Å²) < 4.78 is 15.8. The summed E-state index contributed by atoms with van der Waals surface area (Å²) in [7, 11) is 8.29. The molecule has 0 spiro atoms. The molecule has 14 heavy (non-hydrogen) atoms. The molecule has 1 rings (SSSR count). The van der Waals surface area contributed by atoms with Crippen LogP contribution < -0.4 is 0 Å². The highest BCUT2D eigenvalue weighted by Crippen LogP contribution is 2.26. The van der Waals surface area contributed by atoms with Crippen LogP contribution in [0.5, 0.6) is 0 Å². The van der Waals surface area contributed by atoms with E-state index in [1.54, 1.807) is 33.5 Å². The van der Waals surface area contributed by atoms with Gasteiger partial charge in [0.1, 0.15) is 0 Å². The first kappa shape index (κ1) is 11.8. The molecule has 3 atom stereocenters. The van der Waals surface area contributed by atoms with E-state index >= 15 is 0 Å². The molecule has 1 fully saturated rings. The van der Waals surface area contributed by atoms with Crippen LogP contribution in [0, 0.1) is 0 Å². The number of hydrogen-bond acceptors (Lipinski definition) is 6. The molecule has 0 aromatic rings. The standard InChI is InChI=1S/C8H18N2O4/c1-9-6(11-2)7(12-3)10(14-5)8(9)13-4/h6-8H,1-5H3. The van der Waals surface area contributed by atoms with Crippen LogP contribution in [0.2, 0.25) is 0 Å². The average Bonchev–Trinajstić information content (AvgIpc) is 2.48. The smallest absolute Gasteiger partial charge is 0.195 e. The molecule has 0 N–H and O–H groups in total. The Morgan fingerprint density at radius 2 is 1.43 bits per heavy atom. The van der Waals surface area contributed by atoms with Crippen molar-refractivity contribution in [2.45, 2.75) is 18.8 Å². The zero-order valence-electron chi connectivity index (χ0n) is 9.26. The van der Waals surface area contributed by atoms with Crippen molar-refractivity contribution in [2.75, 3.05) is 35.5 Å². The SMILES string of the molecule is COC1C(OC)N(OC)C(OC)N1C. The zero-order chi connectivity index (χ0) is 10.7. The van der Waals surface area contributed by atoms with Crippen molar-refractivity contribution >= 4 is 0 Å². The molecule has 0 aliphatic carbocycles. The topological polar surface area (TPSA) is 43.4 Å². The molecule has 0 radical (unpaired) electrons.